The molecule has 1 aliphatic rings. The Morgan fingerprint density at radius 3 is 2.43 bits per heavy atom. The molecule has 0 spiro atoms. The van der Waals surface area contributed by atoms with Crippen molar-refractivity contribution in [3.05, 3.63) is 59.2 Å². The van der Waals surface area contributed by atoms with Gasteiger partial charge >= 0.3 is 0 Å². The summed E-state index contributed by atoms with van der Waals surface area (Å²) < 4.78 is 11.0. The van der Waals surface area contributed by atoms with E-state index >= 15 is 0 Å². The van der Waals surface area contributed by atoms with Crippen LogP contribution in [0, 0.1) is 0 Å². The van der Waals surface area contributed by atoms with Crippen LogP contribution in [0.1, 0.15) is 29.2 Å². The maximum Gasteiger partial charge on any atom is 0.161 e. The second-order valence-electron chi connectivity index (χ2n) is 6.18. The van der Waals surface area contributed by atoms with E-state index in [4.69, 9.17) is 9.47 Å². The monoisotopic (exact) mass is 311 g/mol. The van der Waals surface area contributed by atoms with Crippen molar-refractivity contribution in [1.82, 2.24) is 4.90 Å². The Morgan fingerprint density at radius 1 is 1.04 bits per heavy atom. The average molecular weight is 311 g/mol. The number of rotatable bonds is 5. The zero-order valence-corrected chi connectivity index (χ0v) is 14.2. The lowest BCUT2D eigenvalue weighted by Gasteiger charge is -2.35. The summed E-state index contributed by atoms with van der Waals surface area (Å²) in [6, 6.07) is 15.5. The molecule has 0 aliphatic carbocycles. The van der Waals surface area contributed by atoms with E-state index in [1.807, 2.05) is 0 Å². The first-order valence-corrected chi connectivity index (χ1v) is 8.22. The number of likely N-dealkylation sites (N-methyl/N-ethyl adjacent to an activating group) is 1. The fourth-order valence-electron chi connectivity index (χ4n) is 3.48. The van der Waals surface area contributed by atoms with Gasteiger partial charge in [-0.25, -0.2) is 0 Å². The number of hydrogen-bond acceptors (Lipinski definition) is 3. The Labute approximate surface area is 138 Å². The molecule has 2 aromatic carbocycles. The summed E-state index contributed by atoms with van der Waals surface area (Å²) in [4.78, 5) is 2.46. The number of ether oxygens (including phenoxy) is 2. The van der Waals surface area contributed by atoms with E-state index in [0.717, 1.165) is 37.3 Å². The number of nitrogens with zero attached hydrogens (tertiary/aromatic N) is 1. The van der Waals surface area contributed by atoms with Crippen LogP contribution in [0.2, 0.25) is 0 Å². The molecule has 122 valence electrons. The van der Waals surface area contributed by atoms with Gasteiger partial charge in [-0.3, -0.25) is 4.90 Å². The van der Waals surface area contributed by atoms with Crippen molar-refractivity contribution in [1.29, 1.82) is 0 Å². The number of methoxy groups -OCH3 is 2. The Bertz CT molecular complexity index is 654. The standard InChI is InChI=1S/C20H25NO2/c1-21-12-11-16-13-19(22-2)20(23-3)14-17(16)18(21)10-9-15-7-5-4-6-8-15/h4-8,13-14,18H,9-12H2,1-3H3. The van der Waals surface area contributed by atoms with Gasteiger partial charge in [-0.1, -0.05) is 30.3 Å². The van der Waals surface area contributed by atoms with E-state index < -0.39 is 0 Å². The molecule has 0 bridgehead atoms. The van der Waals surface area contributed by atoms with Crippen molar-refractivity contribution >= 4 is 0 Å². The van der Waals surface area contributed by atoms with Gasteiger partial charge in [0.2, 0.25) is 0 Å². The van der Waals surface area contributed by atoms with Gasteiger partial charge in [0.1, 0.15) is 0 Å². The smallest absolute Gasteiger partial charge is 0.161 e. The molecule has 1 unspecified atom stereocenters. The van der Waals surface area contributed by atoms with E-state index in [9.17, 15) is 0 Å². The van der Waals surface area contributed by atoms with Crippen LogP contribution in [0.25, 0.3) is 0 Å². The first-order valence-electron chi connectivity index (χ1n) is 8.22. The molecule has 3 rings (SSSR count). The van der Waals surface area contributed by atoms with Crippen molar-refractivity contribution in [2.75, 3.05) is 27.8 Å². The van der Waals surface area contributed by atoms with Crippen molar-refractivity contribution in [2.45, 2.75) is 25.3 Å². The fourth-order valence-corrected chi connectivity index (χ4v) is 3.48. The van der Waals surface area contributed by atoms with Gasteiger partial charge in [0.25, 0.3) is 0 Å². The highest BCUT2D eigenvalue weighted by molar-refractivity contribution is 5.49. The van der Waals surface area contributed by atoms with Gasteiger partial charge in [0.15, 0.2) is 11.5 Å². The Hall–Kier alpha value is -2.00. The quantitative estimate of drug-likeness (QED) is 0.837. The first-order chi connectivity index (χ1) is 11.2. The van der Waals surface area contributed by atoms with Gasteiger partial charge in [-0.2, -0.15) is 0 Å². The van der Waals surface area contributed by atoms with Gasteiger partial charge in [0, 0.05) is 12.6 Å². The third kappa shape index (κ3) is 3.35. The second kappa shape index (κ2) is 7.05. The lowest BCUT2D eigenvalue weighted by Crippen LogP contribution is -2.32. The highest BCUT2D eigenvalue weighted by atomic mass is 16.5. The molecule has 1 heterocycles. The summed E-state index contributed by atoms with van der Waals surface area (Å²) in [7, 11) is 5.62. The minimum absolute atomic E-state index is 0.429. The van der Waals surface area contributed by atoms with E-state index in [1.165, 1.54) is 16.7 Å². The molecule has 23 heavy (non-hydrogen) atoms. The summed E-state index contributed by atoms with van der Waals surface area (Å²) in [5.74, 6) is 1.66. The van der Waals surface area contributed by atoms with Crippen molar-refractivity contribution in [2.24, 2.45) is 0 Å². The SMILES string of the molecule is COc1cc2c(cc1OC)C(CCc1ccccc1)N(C)CC2. The first kappa shape index (κ1) is 15.9. The van der Waals surface area contributed by atoms with Crippen LogP contribution < -0.4 is 9.47 Å². The second-order valence-corrected chi connectivity index (χ2v) is 6.18. The van der Waals surface area contributed by atoms with Gasteiger partial charge in [-0.15, -0.1) is 0 Å². The Kier molecular flexibility index (Phi) is 4.87. The molecule has 0 aromatic heterocycles. The van der Waals surface area contributed by atoms with E-state index in [-0.39, 0.29) is 0 Å². The average Bonchev–Trinajstić information content (AvgIpc) is 2.60. The zero-order chi connectivity index (χ0) is 16.2. The number of benzene rings is 2. The lowest BCUT2D eigenvalue weighted by molar-refractivity contribution is 0.218. The normalized spacial score (nSPS) is 17.6. The van der Waals surface area contributed by atoms with Crippen molar-refractivity contribution < 1.29 is 9.47 Å². The van der Waals surface area contributed by atoms with Crippen LogP contribution in [-0.2, 0) is 12.8 Å². The fraction of sp³-hybridized carbons (Fsp3) is 0.400. The molecule has 0 saturated heterocycles. The van der Waals surface area contributed by atoms with Gasteiger partial charge in [0.05, 0.1) is 14.2 Å². The van der Waals surface area contributed by atoms with Gasteiger partial charge < -0.3 is 9.47 Å². The van der Waals surface area contributed by atoms with Crippen molar-refractivity contribution in [3.63, 3.8) is 0 Å². The molecule has 1 aliphatic heterocycles. The molecule has 3 nitrogen and oxygen atoms in total. The third-order valence-corrected chi connectivity index (χ3v) is 4.82. The summed E-state index contributed by atoms with van der Waals surface area (Å²) in [5.41, 5.74) is 4.17. The van der Waals surface area contributed by atoms with E-state index in [0.29, 0.717) is 6.04 Å². The minimum Gasteiger partial charge on any atom is -0.493 e. The Balaban J connectivity index is 1.86. The maximum absolute atomic E-state index is 5.51. The van der Waals surface area contributed by atoms with Crippen LogP contribution in [0.4, 0.5) is 0 Å². The van der Waals surface area contributed by atoms with E-state index in [2.05, 4.69) is 54.4 Å². The highest BCUT2D eigenvalue weighted by Gasteiger charge is 2.26. The number of aryl methyl sites for hydroxylation is 1. The van der Waals surface area contributed by atoms with E-state index in [1.54, 1.807) is 14.2 Å². The van der Waals surface area contributed by atoms with Crippen molar-refractivity contribution in [3.8, 4) is 11.5 Å². The predicted molar refractivity (Wildman–Crippen MR) is 93.4 cm³/mol. The third-order valence-electron chi connectivity index (χ3n) is 4.82. The predicted octanol–water partition coefficient (Wildman–Crippen LogP) is 3.87. The number of hydrogen-bond donors (Lipinski definition) is 0. The topological polar surface area (TPSA) is 21.7 Å². The highest BCUT2D eigenvalue weighted by Crippen LogP contribution is 2.39. The lowest BCUT2D eigenvalue weighted by atomic mass is 9.89. The molecular weight excluding hydrogens is 286 g/mol. The van der Waals surface area contributed by atoms with Gasteiger partial charge in [-0.05, 0) is 55.1 Å². The molecular formula is C20H25NO2. The largest absolute Gasteiger partial charge is 0.493 e. The maximum atomic E-state index is 5.51. The van der Waals surface area contributed by atoms with Crippen LogP contribution in [-0.4, -0.2) is 32.7 Å². The molecule has 0 amide bonds. The molecule has 2 aromatic rings. The summed E-state index contributed by atoms with van der Waals surface area (Å²) in [6.07, 6.45) is 3.26. The van der Waals surface area contributed by atoms with Crippen LogP contribution in [0.5, 0.6) is 11.5 Å². The molecule has 3 heteroatoms. The summed E-state index contributed by atoms with van der Waals surface area (Å²) >= 11 is 0. The Morgan fingerprint density at radius 2 is 1.74 bits per heavy atom. The molecule has 0 radical (unpaired) electrons. The van der Waals surface area contributed by atoms with Crippen LogP contribution in [0.15, 0.2) is 42.5 Å². The molecule has 1 atom stereocenters. The van der Waals surface area contributed by atoms with Crippen LogP contribution in [0.3, 0.4) is 0 Å². The minimum atomic E-state index is 0.429. The summed E-state index contributed by atoms with van der Waals surface area (Å²) in [6.45, 7) is 1.09. The molecule has 0 saturated carbocycles. The van der Waals surface area contributed by atoms with Crippen LogP contribution >= 0.6 is 0 Å². The molecule has 0 N–H and O–H groups in total. The summed E-state index contributed by atoms with van der Waals surface area (Å²) in [5, 5.41) is 0. The zero-order valence-electron chi connectivity index (χ0n) is 14.2. The number of fused-ring (bicyclic) bond motifs is 1. The molecule has 0 fully saturated rings.